The Bertz CT molecular complexity index is 717. The second-order valence-electron chi connectivity index (χ2n) is 9.41. The third kappa shape index (κ3) is 2.82. The molecule has 7 unspecified atom stereocenters. The molecule has 1 spiro atoms. The first kappa shape index (κ1) is 22.0. The van der Waals surface area contributed by atoms with Gasteiger partial charge in [-0.3, -0.25) is 14.4 Å². The van der Waals surface area contributed by atoms with Crippen molar-refractivity contribution in [2.45, 2.75) is 90.1 Å². The summed E-state index contributed by atoms with van der Waals surface area (Å²) in [6, 6.07) is 0. The van der Waals surface area contributed by atoms with Crippen LogP contribution in [-0.4, -0.2) is 58.1 Å². The molecule has 3 fully saturated rings. The molecule has 0 aromatic carbocycles. The van der Waals surface area contributed by atoms with E-state index in [1.807, 2.05) is 13.8 Å². The lowest BCUT2D eigenvalue weighted by Gasteiger charge is -2.66. The maximum Gasteiger partial charge on any atom is 0.306 e. The molecule has 0 amide bonds. The number of hydrogen-bond donors (Lipinski definition) is 2. The van der Waals surface area contributed by atoms with Crippen molar-refractivity contribution in [1.82, 2.24) is 0 Å². The Morgan fingerprint density at radius 1 is 1.28 bits per heavy atom. The topological polar surface area (TPSA) is 119 Å². The number of ether oxygens (including phenoxy) is 3. The van der Waals surface area contributed by atoms with Crippen LogP contribution in [-0.2, 0) is 28.6 Å². The normalized spacial score (nSPS) is 45.9. The number of hydrogen-bond acceptors (Lipinski definition) is 8. The molecule has 8 heteroatoms. The molecule has 8 nitrogen and oxygen atoms in total. The zero-order chi connectivity index (χ0) is 21.8. The molecule has 1 heterocycles. The highest BCUT2D eigenvalue weighted by Crippen LogP contribution is 2.70. The summed E-state index contributed by atoms with van der Waals surface area (Å²) in [4.78, 5) is 36.4. The zero-order valence-electron chi connectivity index (χ0n) is 17.8. The number of rotatable bonds is 5. The van der Waals surface area contributed by atoms with Crippen LogP contribution >= 0.6 is 0 Å². The van der Waals surface area contributed by atoms with Crippen molar-refractivity contribution >= 4 is 17.9 Å². The van der Waals surface area contributed by atoms with Gasteiger partial charge in [-0.05, 0) is 32.1 Å². The van der Waals surface area contributed by atoms with Crippen LogP contribution in [0.2, 0.25) is 0 Å². The minimum absolute atomic E-state index is 0.0481. The van der Waals surface area contributed by atoms with E-state index < -0.39 is 52.1 Å². The van der Waals surface area contributed by atoms with Gasteiger partial charge in [0.1, 0.15) is 30.0 Å². The van der Waals surface area contributed by atoms with Crippen LogP contribution < -0.4 is 0 Å². The first-order chi connectivity index (χ1) is 13.4. The van der Waals surface area contributed by atoms with Crippen molar-refractivity contribution in [3.63, 3.8) is 0 Å². The van der Waals surface area contributed by atoms with Crippen molar-refractivity contribution < 1.29 is 38.8 Å². The van der Waals surface area contributed by atoms with Gasteiger partial charge in [0.25, 0.3) is 0 Å². The Kier molecular flexibility index (Phi) is 5.27. The van der Waals surface area contributed by atoms with Crippen LogP contribution in [0, 0.1) is 16.7 Å². The van der Waals surface area contributed by atoms with Crippen LogP contribution in [0.1, 0.15) is 66.7 Å². The smallest absolute Gasteiger partial charge is 0.306 e. The summed E-state index contributed by atoms with van der Waals surface area (Å²) >= 11 is 0. The minimum Gasteiger partial charge on any atom is -0.465 e. The van der Waals surface area contributed by atoms with Crippen LogP contribution in [0.15, 0.2) is 0 Å². The lowest BCUT2D eigenvalue weighted by molar-refractivity contribution is -0.338. The van der Waals surface area contributed by atoms with Gasteiger partial charge in [-0.2, -0.15) is 0 Å². The number of carbonyl (C=O) groups excluding carboxylic acids is 3. The van der Waals surface area contributed by atoms with Crippen molar-refractivity contribution in [1.29, 1.82) is 0 Å². The second-order valence-corrected chi connectivity index (χ2v) is 9.41. The maximum absolute atomic E-state index is 12.4. The Morgan fingerprint density at radius 2 is 1.93 bits per heavy atom. The van der Waals surface area contributed by atoms with E-state index in [0.29, 0.717) is 12.8 Å². The summed E-state index contributed by atoms with van der Waals surface area (Å²) in [6.07, 6.45) is -0.449. The van der Waals surface area contributed by atoms with E-state index >= 15 is 0 Å². The molecule has 3 rings (SSSR count). The van der Waals surface area contributed by atoms with Gasteiger partial charge < -0.3 is 24.4 Å². The van der Waals surface area contributed by atoms with Crippen molar-refractivity contribution in [2.24, 2.45) is 16.7 Å². The third-order valence-corrected chi connectivity index (χ3v) is 7.89. The monoisotopic (exact) mass is 412 g/mol. The fourth-order valence-corrected chi connectivity index (χ4v) is 6.03. The standard InChI is InChI=1S/C21H32O8/c1-6-7-16(23)27-11-18(4)19(5,25)15-9-20(10-17(24)29-15)12(2)8-14(21(18,20)26)28-13(3)22/h12,14-15,25-26H,6-11H2,1-5H3. The van der Waals surface area contributed by atoms with E-state index in [-0.39, 0.29) is 31.8 Å². The van der Waals surface area contributed by atoms with Gasteiger partial charge in [0.15, 0.2) is 0 Å². The van der Waals surface area contributed by atoms with E-state index in [0.717, 1.165) is 0 Å². The van der Waals surface area contributed by atoms with Crippen molar-refractivity contribution in [3.8, 4) is 0 Å². The Balaban J connectivity index is 2.14. The molecule has 1 aliphatic heterocycles. The molecule has 2 bridgehead atoms. The zero-order valence-corrected chi connectivity index (χ0v) is 17.8. The average molecular weight is 412 g/mol. The summed E-state index contributed by atoms with van der Waals surface area (Å²) < 4.78 is 16.5. The molecule has 0 radical (unpaired) electrons. The molecule has 7 atom stereocenters. The van der Waals surface area contributed by atoms with Gasteiger partial charge in [-0.1, -0.05) is 20.8 Å². The van der Waals surface area contributed by atoms with E-state index in [4.69, 9.17) is 14.2 Å². The largest absolute Gasteiger partial charge is 0.465 e. The van der Waals surface area contributed by atoms with E-state index in [1.54, 1.807) is 6.92 Å². The van der Waals surface area contributed by atoms with E-state index in [2.05, 4.69) is 0 Å². The molecule has 164 valence electrons. The van der Waals surface area contributed by atoms with Gasteiger partial charge in [0.05, 0.1) is 11.8 Å². The molecule has 2 saturated carbocycles. The second kappa shape index (κ2) is 6.94. The first-order valence-corrected chi connectivity index (χ1v) is 10.3. The Hall–Kier alpha value is -1.67. The molecule has 0 aromatic heterocycles. The lowest BCUT2D eigenvalue weighted by Crippen LogP contribution is -2.79. The van der Waals surface area contributed by atoms with E-state index in [1.165, 1.54) is 13.8 Å². The first-order valence-electron chi connectivity index (χ1n) is 10.3. The summed E-state index contributed by atoms with van der Waals surface area (Å²) in [5, 5.41) is 23.8. The fourth-order valence-electron chi connectivity index (χ4n) is 6.03. The van der Waals surface area contributed by atoms with Crippen LogP contribution in [0.25, 0.3) is 0 Å². The molecule has 1 saturated heterocycles. The summed E-state index contributed by atoms with van der Waals surface area (Å²) in [5.74, 6) is -1.67. The van der Waals surface area contributed by atoms with Gasteiger partial charge in [-0.25, -0.2) is 0 Å². The predicted octanol–water partition coefficient (Wildman–Crippen LogP) is 1.50. The number of fused-ring (bicyclic) bond motifs is 1. The van der Waals surface area contributed by atoms with Gasteiger partial charge in [-0.15, -0.1) is 0 Å². The molecule has 0 aromatic rings. The van der Waals surface area contributed by atoms with Gasteiger partial charge in [0.2, 0.25) is 0 Å². The van der Waals surface area contributed by atoms with Gasteiger partial charge >= 0.3 is 17.9 Å². The summed E-state index contributed by atoms with van der Waals surface area (Å²) in [7, 11) is 0. The van der Waals surface area contributed by atoms with Crippen LogP contribution in [0.5, 0.6) is 0 Å². The Labute approximate surface area is 170 Å². The average Bonchev–Trinajstić information content (AvgIpc) is 2.80. The highest BCUT2D eigenvalue weighted by atomic mass is 16.6. The highest BCUT2D eigenvalue weighted by molar-refractivity contribution is 5.73. The minimum atomic E-state index is -1.78. The molecule has 3 aliphatic rings. The van der Waals surface area contributed by atoms with Crippen molar-refractivity contribution in [3.05, 3.63) is 0 Å². The lowest BCUT2D eigenvalue weighted by atomic mass is 9.44. The van der Waals surface area contributed by atoms with E-state index in [9.17, 15) is 24.6 Å². The number of esters is 3. The SMILES string of the molecule is CCCC(=O)OCC1(C)C(C)(O)C2CC3(CC(=O)O2)C(C)CC(OC(C)=O)C31O. The summed E-state index contributed by atoms with van der Waals surface area (Å²) in [5.41, 5.74) is -5.88. The van der Waals surface area contributed by atoms with Crippen LogP contribution in [0.3, 0.4) is 0 Å². The molecule has 2 N–H and O–H groups in total. The highest BCUT2D eigenvalue weighted by Gasteiger charge is 2.81. The maximum atomic E-state index is 12.4. The van der Waals surface area contributed by atoms with Crippen LogP contribution in [0.4, 0.5) is 0 Å². The Morgan fingerprint density at radius 3 is 2.52 bits per heavy atom. The van der Waals surface area contributed by atoms with Gasteiger partial charge in [0, 0.05) is 18.8 Å². The third-order valence-electron chi connectivity index (χ3n) is 7.89. The molecular weight excluding hydrogens is 380 g/mol. The summed E-state index contributed by atoms with van der Waals surface area (Å²) in [6.45, 7) is 7.85. The molecule has 2 aliphatic carbocycles. The number of aliphatic hydroxyl groups is 2. The molecular formula is C21H32O8. The molecule has 29 heavy (non-hydrogen) atoms. The predicted molar refractivity (Wildman–Crippen MR) is 100 cm³/mol. The fraction of sp³-hybridized carbons (Fsp3) is 0.857. The van der Waals surface area contributed by atoms with Crippen molar-refractivity contribution in [2.75, 3.05) is 6.61 Å². The number of carbonyl (C=O) groups is 3. The quantitative estimate of drug-likeness (QED) is 0.515.